The van der Waals surface area contributed by atoms with Crippen molar-refractivity contribution in [1.82, 2.24) is 0 Å². The molecule has 8 heteroatoms. The zero-order valence-corrected chi connectivity index (χ0v) is 14.8. The molecule has 0 bridgehead atoms. The Labute approximate surface area is 156 Å². The van der Waals surface area contributed by atoms with Crippen molar-refractivity contribution in [2.24, 2.45) is 0 Å². The first-order valence-electron chi connectivity index (χ1n) is 8.95. The van der Waals surface area contributed by atoms with Crippen molar-refractivity contribution in [3.05, 3.63) is 63.5 Å². The number of benzene rings is 2. The predicted molar refractivity (Wildman–Crippen MR) is 96.4 cm³/mol. The molecule has 2 aromatic rings. The molecule has 0 spiro atoms. The van der Waals surface area contributed by atoms with Crippen molar-refractivity contribution in [3.63, 3.8) is 0 Å². The number of nitrogens with zero attached hydrogens (tertiary/aromatic N) is 2. The van der Waals surface area contributed by atoms with Crippen LogP contribution in [0.3, 0.4) is 0 Å². The lowest BCUT2D eigenvalue weighted by atomic mass is 10.1. The van der Waals surface area contributed by atoms with Crippen molar-refractivity contribution in [2.45, 2.75) is 13.2 Å². The van der Waals surface area contributed by atoms with Crippen LogP contribution in [0.2, 0.25) is 0 Å². The highest BCUT2D eigenvalue weighted by atomic mass is 19.1. The number of nitro groups is 1. The monoisotopic (exact) mass is 374 g/mol. The Bertz CT molecular complexity index is 836. The highest BCUT2D eigenvalue weighted by molar-refractivity contribution is 5.50. The van der Waals surface area contributed by atoms with E-state index in [9.17, 15) is 14.5 Å². The summed E-state index contributed by atoms with van der Waals surface area (Å²) in [6, 6.07) is 9.69. The minimum atomic E-state index is -0.375. The Kier molecular flexibility index (Phi) is 4.91. The zero-order chi connectivity index (χ0) is 18.8. The van der Waals surface area contributed by atoms with Gasteiger partial charge in [-0.2, -0.15) is 0 Å². The number of nitro benzene ring substituents is 1. The van der Waals surface area contributed by atoms with Gasteiger partial charge in [0.25, 0.3) is 5.69 Å². The van der Waals surface area contributed by atoms with Crippen LogP contribution in [-0.4, -0.2) is 37.9 Å². The molecule has 142 valence electrons. The van der Waals surface area contributed by atoms with E-state index >= 15 is 0 Å². The summed E-state index contributed by atoms with van der Waals surface area (Å²) < 4.78 is 24.0. The number of hydrogen-bond donors (Lipinski definition) is 1. The maximum Gasteiger partial charge on any atom is 0.270 e. The number of nitrogens with one attached hydrogen (secondary N) is 1. The van der Waals surface area contributed by atoms with E-state index in [0.717, 1.165) is 48.7 Å². The van der Waals surface area contributed by atoms with Crippen molar-refractivity contribution in [1.29, 1.82) is 0 Å². The van der Waals surface area contributed by atoms with Gasteiger partial charge in [0.1, 0.15) is 18.1 Å². The second-order valence-electron chi connectivity index (χ2n) is 6.85. The number of piperazine rings is 1. The third kappa shape index (κ3) is 3.86. The Balaban J connectivity index is 1.46. The summed E-state index contributed by atoms with van der Waals surface area (Å²) in [7, 11) is 0. The highest BCUT2D eigenvalue weighted by Gasteiger charge is 2.26. The summed E-state index contributed by atoms with van der Waals surface area (Å²) in [6.45, 7) is 4.66. The average molecular weight is 374 g/mol. The molecule has 0 aromatic heterocycles. The number of fused-ring (bicyclic) bond motifs is 1. The summed E-state index contributed by atoms with van der Waals surface area (Å²) in [5.41, 5.74) is 2.67. The summed E-state index contributed by atoms with van der Waals surface area (Å²) in [5.74, 6) is 0.489. The molecular formula is C19H21FN3O4+. The van der Waals surface area contributed by atoms with E-state index in [2.05, 4.69) is 4.90 Å². The zero-order valence-electron chi connectivity index (χ0n) is 14.8. The molecule has 0 atom stereocenters. The number of anilines is 1. The Morgan fingerprint density at radius 3 is 2.63 bits per heavy atom. The summed E-state index contributed by atoms with van der Waals surface area (Å²) in [6.07, 6.45) is 0. The van der Waals surface area contributed by atoms with E-state index < -0.39 is 0 Å². The van der Waals surface area contributed by atoms with Gasteiger partial charge in [0, 0.05) is 23.4 Å². The van der Waals surface area contributed by atoms with E-state index in [1.54, 1.807) is 18.2 Å². The van der Waals surface area contributed by atoms with Crippen molar-refractivity contribution in [3.8, 4) is 5.75 Å². The molecule has 2 aliphatic rings. The molecule has 27 heavy (non-hydrogen) atoms. The predicted octanol–water partition coefficient (Wildman–Crippen LogP) is 1.51. The number of quaternary nitrogens is 1. The molecule has 1 N–H and O–H groups in total. The first-order valence-corrected chi connectivity index (χ1v) is 8.95. The molecule has 1 saturated heterocycles. The van der Waals surface area contributed by atoms with Gasteiger partial charge >= 0.3 is 0 Å². The largest absolute Gasteiger partial charge is 0.467 e. The van der Waals surface area contributed by atoms with Crippen LogP contribution in [0.1, 0.15) is 11.1 Å². The van der Waals surface area contributed by atoms with Gasteiger partial charge in [-0.3, -0.25) is 10.1 Å². The molecule has 4 rings (SSSR count). The maximum absolute atomic E-state index is 13.1. The van der Waals surface area contributed by atoms with E-state index in [4.69, 9.17) is 9.47 Å². The smallest absolute Gasteiger partial charge is 0.270 e. The van der Waals surface area contributed by atoms with Gasteiger partial charge in [0.15, 0.2) is 6.79 Å². The van der Waals surface area contributed by atoms with Crippen molar-refractivity contribution >= 4 is 11.4 Å². The molecule has 0 aliphatic carbocycles. The van der Waals surface area contributed by atoms with Crippen LogP contribution in [0.25, 0.3) is 0 Å². The van der Waals surface area contributed by atoms with Gasteiger partial charge < -0.3 is 19.3 Å². The van der Waals surface area contributed by atoms with Crippen LogP contribution < -0.4 is 14.5 Å². The van der Waals surface area contributed by atoms with Gasteiger partial charge in [-0.25, -0.2) is 4.39 Å². The molecule has 1 fully saturated rings. The van der Waals surface area contributed by atoms with Gasteiger partial charge in [-0.15, -0.1) is 0 Å². The van der Waals surface area contributed by atoms with Gasteiger partial charge in [-0.1, -0.05) is 0 Å². The fraction of sp³-hybridized carbons (Fsp3) is 0.368. The standard InChI is InChI=1S/C19H20FN3O4/c20-16-1-3-17(4-2-16)22-7-5-21(6-8-22)11-14-9-18(23(24)25)10-15-12-26-13-27-19(14)15/h1-4,9-10H,5-8,11-13H2/p+1. The number of hydrogen-bond acceptors (Lipinski definition) is 5. The Morgan fingerprint density at radius 1 is 1.19 bits per heavy atom. The number of non-ortho nitro benzene ring substituents is 1. The van der Waals surface area contributed by atoms with Crippen LogP contribution in [0, 0.1) is 15.9 Å². The molecule has 2 aliphatic heterocycles. The summed E-state index contributed by atoms with van der Waals surface area (Å²) >= 11 is 0. The van der Waals surface area contributed by atoms with E-state index in [1.165, 1.54) is 23.1 Å². The normalized spacial score (nSPS) is 17.3. The molecule has 2 heterocycles. The highest BCUT2D eigenvalue weighted by Crippen LogP contribution is 2.32. The summed E-state index contributed by atoms with van der Waals surface area (Å²) in [5, 5.41) is 11.2. The SMILES string of the molecule is O=[N+]([O-])c1cc2c(c(C[NH+]3CCN(c4ccc(F)cc4)CC3)c1)OCOC2. The Hall–Kier alpha value is -2.71. The van der Waals surface area contributed by atoms with E-state index in [1.807, 2.05) is 0 Å². The second kappa shape index (κ2) is 7.50. The lowest BCUT2D eigenvalue weighted by molar-refractivity contribution is -0.914. The fourth-order valence-electron chi connectivity index (χ4n) is 3.70. The topological polar surface area (TPSA) is 69.3 Å². The van der Waals surface area contributed by atoms with Crippen LogP contribution in [0.15, 0.2) is 36.4 Å². The van der Waals surface area contributed by atoms with E-state index in [-0.39, 0.29) is 23.2 Å². The van der Waals surface area contributed by atoms with Crippen LogP contribution in [-0.2, 0) is 17.9 Å². The maximum atomic E-state index is 13.1. The molecule has 0 saturated carbocycles. The number of ether oxygens (including phenoxy) is 2. The first kappa shape index (κ1) is 17.7. The quantitative estimate of drug-likeness (QED) is 0.649. The summed E-state index contributed by atoms with van der Waals surface area (Å²) in [4.78, 5) is 14.4. The molecule has 0 unspecified atom stereocenters. The van der Waals surface area contributed by atoms with Crippen LogP contribution >= 0.6 is 0 Å². The van der Waals surface area contributed by atoms with E-state index in [0.29, 0.717) is 13.2 Å². The lowest BCUT2D eigenvalue weighted by Gasteiger charge is -2.34. The number of rotatable bonds is 4. The van der Waals surface area contributed by atoms with Crippen LogP contribution in [0.5, 0.6) is 5.75 Å². The van der Waals surface area contributed by atoms with Crippen molar-refractivity contribution in [2.75, 3.05) is 37.9 Å². The third-order valence-electron chi connectivity index (χ3n) is 5.09. The van der Waals surface area contributed by atoms with Crippen LogP contribution in [0.4, 0.5) is 15.8 Å². The molecule has 0 amide bonds. The third-order valence-corrected chi connectivity index (χ3v) is 5.09. The van der Waals surface area contributed by atoms with Gasteiger partial charge in [-0.05, 0) is 24.3 Å². The molecule has 0 radical (unpaired) electrons. The minimum Gasteiger partial charge on any atom is -0.467 e. The number of halogens is 1. The first-order chi connectivity index (χ1) is 13.1. The van der Waals surface area contributed by atoms with Gasteiger partial charge in [0.05, 0.1) is 43.3 Å². The molecule has 2 aromatic carbocycles. The second-order valence-corrected chi connectivity index (χ2v) is 6.85. The minimum absolute atomic E-state index is 0.0715. The van der Waals surface area contributed by atoms with Gasteiger partial charge in [0.2, 0.25) is 0 Å². The molecular weight excluding hydrogens is 353 g/mol. The Morgan fingerprint density at radius 2 is 1.93 bits per heavy atom. The lowest BCUT2D eigenvalue weighted by Crippen LogP contribution is -3.13. The van der Waals surface area contributed by atoms with Crippen molar-refractivity contribution < 1.29 is 23.7 Å². The fourth-order valence-corrected chi connectivity index (χ4v) is 3.70. The molecule has 7 nitrogen and oxygen atoms in total. The average Bonchev–Trinajstić information content (AvgIpc) is 2.69.